The molecule has 0 aliphatic carbocycles. The molecule has 0 radical (unpaired) electrons. The maximum Gasteiger partial charge on any atom is 0.412 e. The SMILES string of the molecule is CCOC(=O)Nc1cc2c(c(N)n1)N=C(c1ccc(Cl)c(Cl)c1)CN2.Cl. The van der Waals surface area contributed by atoms with Crippen LogP contribution in [0.4, 0.5) is 27.8 Å². The number of amides is 1. The van der Waals surface area contributed by atoms with Gasteiger partial charge in [0.05, 0.1) is 34.6 Å². The number of carbonyl (C=O) groups excluding carboxylic acids is 1. The lowest BCUT2D eigenvalue weighted by molar-refractivity contribution is 0.168. The number of aliphatic imine (C=N–C) groups is 1. The lowest BCUT2D eigenvalue weighted by Gasteiger charge is -2.20. The molecule has 4 N–H and O–H groups in total. The van der Waals surface area contributed by atoms with Gasteiger partial charge >= 0.3 is 6.09 Å². The molecule has 0 fully saturated rings. The monoisotopic (exact) mass is 415 g/mol. The summed E-state index contributed by atoms with van der Waals surface area (Å²) in [5, 5.41) is 6.66. The summed E-state index contributed by atoms with van der Waals surface area (Å²) >= 11 is 12.0. The van der Waals surface area contributed by atoms with E-state index in [0.29, 0.717) is 28.0 Å². The summed E-state index contributed by atoms with van der Waals surface area (Å²) < 4.78 is 4.82. The average molecular weight is 417 g/mol. The van der Waals surface area contributed by atoms with E-state index in [0.717, 1.165) is 11.3 Å². The van der Waals surface area contributed by atoms with E-state index in [2.05, 4.69) is 20.6 Å². The highest BCUT2D eigenvalue weighted by Crippen LogP contribution is 2.36. The van der Waals surface area contributed by atoms with Crippen molar-refractivity contribution >= 4 is 70.4 Å². The highest BCUT2D eigenvalue weighted by molar-refractivity contribution is 6.42. The highest BCUT2D eigenvalue weighted by atomic mass is 35.5. The van der Waals surface area contributed by atoms with Gasteiger partial charge in [0.2, 0.25) is 0 Å². The highest BCUT2D eigenvalue weighted by Gasteiger charge is 2.18. The van der Waals surface area contributed by atoms with Crippen LogP contribution in [0.3, 0.4) is 0 Å². The molecule has 7 nitrogen and oxygen atoms in total. The number of benzene rings is 1. The lowest BCUT2D eigenvalue weighted by atomic mass is 10.1. The Hall–Kier alpha value is -2.22. The van der Waals surface area contributed by atoms with Crippen LogP contribution in [0, 0.1) is 0 Å². The summed E-state index contributed by atoms with van der Waals surface area (Å²) in [6.45, 7) is 2.45. The van der Waals surface area contributed by atoms with Gasteiger partial charge < -0.3 is 15.8 Å². The van der Waals surface area contributed by atoms with Crippen LogP contribution in [0.15, 0.2) is 29.3 Å². The first-order valence-corrected chi connectivity index (χ1v) is 8.24. The number of ether oxygens (including phenoxy) is 1. The maximum absolute atomic E-state index is 11.5. The van der Waals surface area contributed by atoms with Crippen LogP contribution < -0.4 is 16.4 Å². The van der Waals surface area contributed by atoms with E-state index < -0.39 is 6.09 Å². The Kier molecular flexibility index (Phi) is 6.52. The van der Waals surface area contributed by atoms with Crippen molar-refractivity contribution in [2.24, 2.45) is 4.99 Å². The molecule has 1 aromatic heterocycles. The Labute approximate surface area is 166 Å². The summed E-state index contributed by atoms with van der Waals surface area (Å²) in [4.78, 5) is 20.2. The Bertz CT molecular complexity index is 873. The van der Waals surface area contributed by atoms with Gasteiger partial charge in [-0.05, 0) is 24.6 Å². The fourth-order valence-electron chi connectivity index (χ4n) is 2.34. The van der Waals surface area contributed by atoms with Crippen LogP contribution in [0.1, 0.15) is 12.5 Å². The van der Waals surface area contributed by atoms with E-state index >= 15 is 0 Å². The Morgan fingerprint density at radius 1 is 1.35 bits per heavy atom. The number of nitrogens with zero attached hydrogens (tertiary/aromatic N) is 2. The van der Waals surface area contributed by atoms with Gasteiger partial charge in [-0.15, -0.1) is 12.4 Å². The molecule has 2 heterocycles. The first-order chi connectivity index (χ1) is 12.0. The topological polar surface area (TPSA) is 102 Å². The van der Waals surface area contributed by atoms with Crippen molar-refractivity contribution in [3.8, 4) is 0 Å². The minimum atomic E-state index is -0.592. The van der Waals surface area contributed by atoms with E-state index in [1.807, 2.05) is 6.07 Å². The lowest BCUT2D eigenvalue weighted by Crippen LogP contribution is -2.20. The fraction of sp³-hybridized carbons (Fsp3) is 0.188. The third-order valence-corrected chi connectivity index (χ3v) is 4.21. The maximum atomic E-state index is 11.5. The third-order valence-electron chi connectivity index (χ3n) is 3.47. The number of nitrogen functional groups attached to an aromatic ring is 1. The minimum Gasteiger partial charge on any atom is -0.450 e. The van der Waals surface area contributed by atoms with E-state index in [1.165, 1.54) is 0 Å². The predicted molar refractivity (Wildman–Crippen MR) is 108 cm³/mol. The number of pyridine rings is 1. The van der Waals surface area contributed by atoms with Crippen molar-refractivity contribution in [3.05, 3.63) is 39.9 Å². The number of carbonyl (C=O) groups is 1. The molecule has 1 aliphatic heterocycles. The molecule has 0 saturated heterocycles. The van der Waals surface area contributed by atoms with Gasteiger partial charge in [0.15, 0.2) is 5.82 Å². The van der Waals surface area contributed by atoms with Gasteiger partial charge in [-0.1, -0.05) is 29.3 Å². The fourth-order valence-corrected chi connectivity index (χ4v) is 2.64. The number of halogens is 3. The smallest absolute Gasteiger partial charge is 0.412 e. The first-order valence-electron chi connectivity index (χ1n) is 7.49. The number of hydrogen-bond acceptors (Lipinski definition) is 6. The van der Waals surface area contributed by atoms with Gasteiger partial charge in [0.25, 0.3) is 0 Å². The number of nitrogens with two attached hydrogens (primary N) is 1. The van der Waals surface area contributed by atoms with Crippen LogP contribution in [0.5, 0.6) is 0 Å². The van der Waals surface area contributed by atoms with Crippen LogP contribution in [0.25, 0.3) is 0 Å². The number of fused-ring (bicyclic) bond motifs is 1. The molecule has 0 atom stereocenters. The molecule has 0 spiro atoms. The number of rotatable bonds is 3. The zero-order valence-corrected chi connectivity index (χ0v) is 16.0. The number of anilines is 3. The molecule has 0 saturated carbocycles. The summed E-state index contributed by atoms with van der Waals surface area (Å²) in [6, 6.07) is 6.94. The number of aromatic nitrogens is 1. The van der Waals surface area contributed by atoms with Crippen molar-refractivity contribution < 1.29 is 9.53 Å². The summed E-state index contributed by atoms with van der Waals surface area (Å²) in [5.41, 5.74) is 8.75. The zero-order chi connectivity index (χ0) is 18.0. The Morgan fingerprint density at radius 3 is 2.81 bits per heavy atom. The van der Waals surface area contributed by atoms with Crippen molar-refractivity contribution in [1.29, 1.82) is 0 Å². The zero-order valence-electron chi connectivity index (χ0n) is 13.7. The molecule has 138 valence electrons. The van der Waals surface area contributed by atoms with Crippen molar-refractivity contribution in [2.45, 2.75) is 6.92 Å². The van der Waals surface area contributed by atoms with Gasteiger partial charge in [-0.25, -0.2) is 14.8 Å². The molecule has 1 aromatic carbocycles. The quantitative estimate of drug-likeness (QED) is 0.683. The van der Waals surface area contributed by atoms with E-state index in [9.17, 15) is 4.79 Å². The molecule has 1 aliphatic rings. The second-order valence-electron chi connectivity index (χ2n) is 5.18. The normalized spacial score (nSPS) is 12.2. The first kappa shape index (κ1) is 20.1. The van der Waals surface area contributed by atoms with Gasteiger partial charge in [0, 0.05) is 6.07 Å². The molecule has 0 unspecified atom stereocenters. The predicted octanol–water partition coefficient (Wildman–Crippen LogP) is 4.51. The third kappa shape index (κ3) is 4.30. The summed E-state index contributed by atoms with van der Waals surface area (Å²) in [7, 11) is 0. The minimum absolute atomic E-state index is 0. The van der Waals surface area contributed by atoms with Crippen molar-refractivity contribution in [3.63, 3.8) is 0 Å². The molecular weight excluding hydrogens is 401 g/mol. The summed E-state index contributed by atoms with van der Waals surface area (Å²) in [6.07, 6.45) is -0.592. The molecule has 0 bridgehead atoms. The van der Waals surface area contributed by atoms with E-state index in [-0.39, 0.29) is 30.6 Å². The molecule has 2 aromatic rings. The second-order valence-corrected chi connectivity index (χ2v) is 5.99. The standard InChI is InChI=1S/C16H15Cl2N5O2.ClH/c1-2-25-16(24)23-13-6-11-14(15(19)22-13)21-12(7-20-11)8-3-4-9(17)10(18)5-8;/h3-6,20H,2,7H2,1H3,(H3,19,22,23,24);1H. The van der Waals surface area contributed by atoms with Crippen molar-refractivity contribution in [1.82, 2.24) is 4.98 Å². The Morgan fingerprint density at radius 2 is 2.12 bits per heavy atom. The van der Waals surface area contributed by atoms with Crippen LogP contribution in [-0.4, -0.2) is 29.9 Å². The van der Waals surface area contributed by atoms with Crippen LogP contribution in [-0.2, 0) is 4.74 Å². The molecule has 10 heteroatoms. The molecule has 3 rings (SSSR count). The average Bonchev–Trinajstić information content (AvgIpc) is 2.57. The van der Waals surface area contributed by atoms with Gasteiger partial charge in [0.1, 0.15) is 11.5 Å². The van der Waals surface area contributed by atoms with E-state index in [4.69, 9.17) is 33.7 Å². The summed E-state index contributed by atoms with van der Waals surface area (Å²) in [5.74, 6) is 0.476. The molecular formula is C16H16Cl3N5O2. The molecule has 1 amide bonds. The van der Waals surface area contributed by atoms with Gasteiger partial charge in [-0.2, -0.15) is 0 Å². The second kappa shape index (κ2) is 8.44. The Balaban J connectivity index is 0.00000243. The van der Waals surface area contributed by atoms with Gasteiger partial charge in [-0.3, -0.25) is 5.32 Å². The van der Waals surface area contributed by atoms with Crippen molar-refractivity contribution in [2.75, 3.05) is 29.5 Å². The number of nitrogens with one attached hydrogen (secondary N) is 2. The molecule has 26 heavy (non-hydrogen) atoms. The number of hydrogen-bond donors (Lipinski definition) is 3. The van der Waals surface area contributed by atoms with Crippen LogP contribution >= 0.6 is 35.6 Å². The largest absolute Gasteiger partial charge is 0.450 e. The van der Waals surface area contributed by atoms with Crippen LogP contribution in [0.2, 0.25) is 10.0 Å². The van der Waals surface area contributed by atoms with E-state index in [1.54, 1.807) is 25.1 Å².